The van der Waals surface area contributed by atoms with Gasteiger partial charge in [-0.15, -0.1) is 0 Å². The molecule has 0 amide bonds. The lowest BCUT2D eigenvalue weighted by molar-refractivity contribution is -0.123. The Bertz CT molecular complexity index is 334. The van der Waals surface area contributed by atoms with E-state index in [1.54, 1.807) is 7.11 Å². The van der Waals surface area contributed by atoms with Gasteiger partial charge in [0.25, 0.3) is 0 Å². The van der Waals surface area contributed by atoms with Crippen LogP contribution in [0.25, 0.3) is 0 Å². The lowest BCUT2D eigenvalue weighted by Gasteiger charge is -2.05. The van der Waals surface area contributed by atoms with Crippen LogP contribution in [-0.4, -0.2) is 32.7 Å². The summed E-state index contributed by atoms with van der Waals surface area (Å²) >= 11 is 0. The van der Waals surface area contributed by atoms with Crippen molar-refractivity contribution in [3.63, 3.8) is 0 Å². The first-order valence-electron chi connectivity index (χ1n) is 5.37. The Morgan fingerprint density at radius 1 is 1.25 bits per heavy atom. The third kappa shape index (κ3) is 4.55. The maximum absolute atomic E-state index is 11.6. The minimum absolute atomic E-state index is 0.102. The minimum Gasteiger partial charge on any atom is -0.382 e. The van der Waals surface area contributed by atoms with Crippen LogP contribution in [0.3, 0.4) is 0 Å². The number of hydrogen-bond donors (Lipinski definition) is 0. The fraction of sp³-hybridized carbons (Fsp3) is 0.462. The largest absolute Gasteiger partial charge is 0.382 e. The Balaban J connectivity index is 2.32. The lowest BCUT2D eigenvalue weighted by Crippen LogP contribution is -2.14. The molecule has 88 valence electrons. The SMILES string of the molecule is COCCOCC(=O)Cc1ccccc1C. The van der Waals surface area contributed by atoms with Crippen LogP contribution in [0.5, 0.6) is 0 Å². The monoisotopic (exact) mass is 222 g/mol. The molecule has 16 heavy (non-hydrogen) atoms. The van der Waals surface area contributed by atoms with E-state index in [9.17, 15) is 4.79 Å². The highest BCUT2D eigenvalue weighted by Crippen LogP contribution is 2.07. The fourth-order valence-electron chi connectivity index (χ4n) is 1.40. The highest BCUT2D eigenvalue weighted by molar-refractivity contribution is 5.82. The lowest BCUT2D eigenvalue weighted by atomic mass is 10.0. The second-order valence-electron chi connectivity index (χ2n) is 3.69. The van der Waals surface area contributed by atoms with Crippen molar-refractivity contribution < 1.29 is 14.3 Å². The number of ketones is 1. The Morgan fingerprint density at radius 3 is 2.69 bits per heavy atom. The smallest absolute Gasteiger partial charge is 0.162 e. The molecule has 1 aromatic carbocycles. The highest BCUT2D eigenvalue weighted by atomic mass is 16.5. The van der Waals surface area contributed by atoms with Gasteiger partial charge >= 0.3 is 0 Å². The van der Waals surface area contributed by atoms with Gasteiger partial charge in [0.05, 0.1) is 13.2 Å². The van der Waals surface area contributed by atoms with Crippen molar-refractivity contribution in [3.05, 3.63) is 35.4 Å². The van der Waals surface area contributed by atoms with Gasteiger partial charge in [-0.3, -0.25) is 4.79 Å². The molecule has 0 atom stereocenters. The average molecular weight is 222 g/mol. The minimum atomic E-state index is 0.102. The van der Waals surface area contributed by atoms with Crippen LogP contribution in [-0.2, 0) is 20.7 Å². The van der Waals surface area contributed by atoms with Crippen LogP contribution in [0, 0.1) is 6.92 Å². The maximum Gasteiger partial charge on any atom is 0.162 e. The zero-order chi connectivity index (χ0) is 11.8. The van der Waals surface area contributed by atoms with Crippen molar-refractivity contribution >= 4 is 5.78 Å². The molecule has 0 aliphatic carbocycles. The number of rotatable bonds is 7. The average Bonchev–Trinajstić information content (AvgIpc) is 2.28. The zero-order valence-electron chi connectivity index (χ0n) is 9.86. The van der Waals surface area contributed by atoms with E-state index in [4.69, 9.17) is 9.47 Å². The van der Waals surface area contributed by atoms with Crippen LogP contribution in [0.15, 0.2) is 24.3 Å². The molecule has 1 aromatic rings. The Morgan fingerprint density at radius 2 is 2.00 bits per heavy atom. The first kappa shape index (κ1) is 12.9. The second kappa shape index (κ2) is 7.14. The van der Waals surface area contributed by atoms with Crippen molar-refractivity contribution in [2.24, 2.45) is 0 Å². The Labute approximate surface area is 96.4 Å². The van der Waals surface area contributed by atoms with E-state index in [-0.39, 0.29) is 12.4 Å². The van der Waals surface area contributed by atoms with Gasteiger partial charge in [0.2, 0.25) is 0 Å². The number of ether oxygens (including phenoxy) is 2. The van der Waals surface area contributed by atoms with Crippen LogP contribution < -0.4 is 0 Å². The molecular formula is C13H18O3. The Kier molecular flexibility index (Phi) is 5.75. The summed E-state index contributed by atoms with van der Waals surface area (Å²) in [6.45, 7) is 3.17. The first-order valence-corrected chi connectivity index (χ1v) is 5.37. The van der Waals surface area contributed by atoms with Crippen molar-refractivity contribution in [1.82, 2.24) is 0 Å². The Hall–Kier alpha value is -1.19. The molecule has 1 rings (SSSR count). The number of aryl methyl sites for hydroxylation is 1. The zero-order valence-corrected chi connectivity index (χ0v) is 9.86. The number of methoxy groups -OCH3 is 1. The van der Waals surface area contributed by atoms with Crippen LogP contribution in [0.4, 0.5) is 0 Å². The van der Waals surface area contributed by atoms with Crippen LogP contribution in [0.1, 0.15) is 11.1 Å². The van der Waals surface area contributed by atoms with Gasteiger partial charge in [-0.1, -0.05) is 24.3 Å². The summed E-state index contributed by atoms with van der Waals surface area (Å²) in [5, 5.41) is 0. The van der Waals surface area contributed by atoms with Crippen molar-refractivity contribution in [2.75, 3.05) is 26.9 Å². The molecular weight excluding hydrogens is 204 g/mol. The van der Waals surface area contributed by atoms with Crippen molar-refractivity contribution in [3.8, 4) is 0 Å². The number of carbonyl (C=O) groups is 1. The molecule has 0 aromatic heterocycles. The van der Waals surface area contributed by atoms with Gasteiger partial charge in [0.15, 0.2) is 5.78 Å². The molecule has 0 radical (unpaired) electrons. The standard InChI is InChI=1S/C13H18O3/c1-11-5-3-4-6-12(11)9-13(14)10-16-8-7-15-2/h3-6H,7-10H2,1-2H3. The van der Waals surface area contributed by atoms with Gasteiger partial charge in [0, 0.05) is 13.5 Å². The normalized spacial score (nSPS) is 10.4. The van der Waals surface area contributed by atoms with E-state index in [1.807, 2.05) is 31.2 Å². The molecule has 0 bridgehead atoms. The molecule has 0 aliphatic rings. The third-order valence-electron chi connectivity index (χ3n) is 2.34. The molecule has 0 aliphatic heterocycles. The van der Waals surface area contributed by atoms with Gasteiger partial charge in [-0.2, -0.15) is 0 Å². The van der Waals surface area contributed by atoms with Gasteiger partial charge in [-0.25, -0.2) is 0 Å². The van der Waals surface area contributed by atoms with Crippen LogP contribution >= 0.6 is 0 Å². The molecule has 0 N–H and O–H groups in total. The van der Waals surface area contributed by atoms with Crippen LogP contribution in [0.2, 0.25) is 0 Å². The number of benzene rings is 1. The quantitative estimate of drug-likeness (QED) is 0.660. The van der Waals surface area contributed by atoms with E-state index < -0.39 is 0 Å². The number of hydrogen-bond acceptors (Lipinski definition) is 3. The van der Waals surface area contributed by atoms with Gasteiger partial charge in [0.1, 0.15) is 6.61 Å². The van der Waals surface area contributed by atoms with Crippen molar-refractivity contribution in [1.29, 1.82) is 0 Å². The predicted molar refractivity (Wildman–Crippen MR) is 62.6 cm³/mol. The molecule has 3 heteroatoms. The maximum atomic E-state index is 11.6. The first-order chi connectivity index (χ1) is 7.74. The summed E-state index contributed by atoms with van der Waals surface area (Å²) in [5.41, 5.74) is 2.22. The summed E-state index contributed by atoms with van der Waals surface area (Å²) in [5.74, 6) is 0.102. The summed E-state index contributed by atoms with van der Waals surface area (Å²) in [7, 11) is 1.61. The number of Topliss-reactive ketones (excluding diaryl/α,β-unsaturated/α-hetero) is 1. The summed E-state index contributed by atoms with van der Waals surface area (Å²) < 4.78 is 10.00. The predicted octanol–water partition coefficient (Wildman–Crippen LogP) is 1.77. The summed E-state index contributed by atoms with van der Waals surface area (Å²) in [4.78, 5) is 11.6. The molecule has 0 saturated carbocycles. The molecule has 0 heterocycles. The van der Waals surface area contributed by atoms with E-state index in [1.165, 1.54) is 0 Å². The molecule has 3 nitrogen and oxygen atoms in total. The van der Waals surface area contributed by atoms with E-state index in [0.717, 1.165) is 11.1 Å². The molecule has 0 unspecified atom stereocenters. The van der Waals surface area contributed by atoms with Gasteiger partial charge < -0.3 is 9.47 Å². The molecule has 0 fully saturated rings. The third-order valence-corrected chi connectivity index (χ3v) is 2.34. The van der Waals surface area contributed by atoms with Crippen molar-refractivity contribution in [2.45, 2.75) is 13.3 Å². The highest BCUT2D eigenvalue weighted by Gasteiger charge is 2.05. The number of carbonyl (C=O) groups excluding carboxylic acids is 1. The molecule has 0 spiro atoms. The van der Waals surface area contributed by atoms with E-state index in [2.05, 4.69) is 0 Å². The van der Waals surface area contributed by atoms with E-state index >= 15 is 0 Å². The second-order valence-corrected chi connectivity index (χ2v) is 3.69. The molecule has 0 saturated heterocycles. The summed E-state index contributed by atoms with van der Waals surface area (Å²) in [6.07, 6.45) is 0.444. The topological polar surface area (TPSA) is 35.5 Å². The van der Waals surface area contributed by atoms with Gasteiger partial charge in [-0.05, 0) is 18.1 Å². The van der Waals surface area contributed by atoms with E-state index in [0.29, 0.717) is 19.6 Å². The summed E-state index contributed by atoms with van der Waals surface area (Å²) in [6, 6.07) is 7.90. The fourth-order valence-corrected chi connectivity index (χ4v) is 1.40.